The first-order valence-electron chi connectivity index (χ1n) is 11.5. The Morgan fingerprint density at radius 2 is 1.51 bits per heavy atom. The molecule has 2 amide bonds. The molecule has 0 aliphatic carbocycles. The highest BCUT2D eigenvalue weighted by Gasteiger charge is 2.38. The second-order valence-electron chi connectivity index (χ2n) is 8.81. The number of rotatable bonds is 4. The lowest BCUT2D eigenvalue weighted by molar-refractivity contribution is -0.192. The molecule has 1 aliphatic rings. The van der Waals surface area contributed by atoms with Crippen molar-refractivity contribution in [2.24, 2.45) is 16.5 Å². The number of benzene rings is 2. The maximum Gasteiger partial charge on any atom is 0.490 e. The van der Waals surface area contributed by atoms with Gasteiger partial charge >= 0.3 is 18.3 Å². The number of carbonyl (C=O) groups is 3. The minimum absolute atomic E-state index is 0.0124. The quantitative estimate of drug-likeness (QED) is 0.269. The molecule has 0 spiro atoms. The standard InChI is InChI=1S/C22H23F3N4O4S.C2HF3O2/c1-34(32,33)16-4-2-3-15(11-16)20(31)29-9-7-13(8-10-29)17-6-5-14(19(30)28-21(26)27)12-18(17)22(23,24)25;3-2(4,5)1(6)7/h2-6,11-13H,7-10H2,1H3,(H4,26,27,28,30);(H,6,7). The van der Waals surface area contributed by atoms with Crippen LogP contribution in [0.1, 0.15) is 50.6 Å². The highest BCUT2D eigenvalue weighted by molar-refractivity contribution is 7.90. The molecular weight excluding hydrogens is 586 g/mol. The third kappa shape index (κ3) is 9.19. The Hall–Kier alpha value is -4.15. The van der Waals surface area contributed by atoms with Gasteiger partial charge in [0.2, 0.25) is 0 Å². The molecule has 2 aromatic rings. The summed E-state index contributed by atoms with van der Waals surface area (Å²) in [5, 5.41) is 7.12. The number of guanidine groups is 1. The summed E-state index contributed by atoms with van der Waals surface area (Å²) in [5.74, 6) is -5.17. The molecule has 0 bridgehead atoms. The molecule has 17 heteroatoms. The number of hydrogen-bond acceptors (Lipinski definition) is 5. The van der Waals surface area contributed by atoms with Crippen LogP contribution in [0, 0.1) is 0 Å². The third-order valence-corrected chi connectivity index (χ3v) is 6.92. The second-order valence-corrected chi connectivity index (χ2v) is 10.8. The van der Waals surface area contributed by atoms with Crippen molar-refractivity contribution >= 4 is 33.6 Å². The Morgan fingerprint density at radius 1 is 0.951 bits per heavy atom. The number of carbonyl (C=O) groups excluding carboxylic acids is 2. The molecule has 1 heterocycles. The summed E-state index contributed by atoms with van der Waals surface area (Å²) in [5.41, 5.74) is 9.25. The van der Waals surface area contributed by atoms with Crippen LogP contribution in [0.15, 0.2) is 52.4 Å². The van der Waals surface area contributed by atoms with Crippen molar-refractivity contribution in [3.8, 4) is 0 Å². The van der Waals surface area contributed by atoms with E-state index in [1.54, 1.807) is 0 Å². The van der Waals surface area contributed by atoms with Crippen LogP contribution in [0.25, 0.3) is 0 Å². The highest BCUT2D eigenvalue weighted by Crippen LogP contribution is 2.39. The van der Waals surface area contributed by atoms with Crippen molar-refractivity contribution in [3.63, 3.8) is 0 Å². The van der Waals surface area contributed by atoms with Gasteiger partial charge in [0, 0.05) is 30.5 Å². The van der Waals surface area contributed by atoms with Crippen molar-refractivity contribution < 1.29 is 54.3 Å². The Morgan fingerprint density at radius 3 is 1.98 bits per heavy atom. The number of likely N-dealkylation sites (tertiary alicyclic amines) is 1. The van der Waals surface area contributed by atoms with Gasteiger partial charge < -0.3 is 21.5 Å². The molecule has 3 rings (SSSR count). The van der Waals surface area contributed by atoms with Crippen molar-refractivity contribution in [2.45, 2.75) is 36.0 Å². The topological polar surface area (TPSA) is 173 Å². The van der Waals surface area contributed by atoms with Crippen molar-refractivity contribution in [3.05, 3.63) is 64.7 Å². The van der Waals surface area contributed by atoms with E-state index in [1.165, 1.54) is 41.3 Å². The summed E-state index contributed by atoms with van der Waals surface area (Å²) >= 11 is 0. The first-order valence-corrected chi connectivity index (χ1v) is 13.4. The zero-order valence-corrected chi connectivity index (χ0v) is 22.0. The molecule has 0 saturated carbocycles. The van der Waals surface area contributed by atoms with Crippen LogP contribution < -0.4 is 11.5 Å². The number of amides is 2. The Balaban J connectivity index is 0.000000745. The lowest BCUT2D eigenvalue weighted by Gasteiger charge is -2.33. The van der Waals surface area contributed by atoms with Gasteiger partial charge in [-0.1, -0.05) is 12.1 Å². The number of aliphatic carboxylic acids is 1. The monoisotopic (exact) mass is 610 g/mol. The second kappa shape index (κ2) is 12.6. The maximum atomic E-state index is 13.8. The fraction of sp³-hybridized carbons (Fsp3) is 0.333. The van der Waals surface area contributed by atoms with E-state index >= 15 is 0 Å². The molecule has 41 heavy (non-hydrogen) atoms. The summed E-state index contributed by atoms with van der Waals surface area (Å²) in [6, 6.07) is 8.87. The third-order valence-electron chi connectivity index (χ3n) is 5.81. The minimum Gasteiger partial charge on any atom is -0.475 e. The smallest absolute Gasteiger partial charge is 0.475 e. The summed E-state index contributed by atoms with van der Waals surface area (Å²) in [6.45, 7) is 0.386. The lowest BCUT2D eigenvalue weighted by Crippen LogP contribution is -2.38. The van der Waals surface area contributed by atoms with E-state index in [1.807, 2.05) is 0 Å². The predicted octanol–water partition coefficient (Wildman–Crippen LogP) is 3.18. The van der Waals surface area contributed by atoms with E-state index in [9.17, 15) is 44.3 Å². The number of nitrogens with two attached hydrogens (primary N) is 2. The minimum atomic E-state index is -5.08. The largest absolute Gasteiger partial charge is 0.490 e. The van der Waals surface area contributed by atoms with E-state index in [0.29, 0.717) is 0 Å². The summed E-state index contributed by atoms with van der Waals surface area (Å²) in [6.07, 6.45) is -8.22. The Kier molecular flexibility index (Phi) is 10.1. The normalized spacial score (nSPS) is 14.5. The summed E-state index contributed by atoms with van der Waals surface area (Å²) in [4.78, 5) is 38.5. The molecule has 0 atom stereocenters. The Labute approximate surface area is 229 Å². The molecular formula is C24H24F6N4O6S. The number of nitrogens with zero attached hydrogens (tertiary/aromatic N) is 2. The fourth-order valence-electron chi connectivity index (χ4n) is 3.91. The number of hydrogen-bond donors (Lipinski definition) is 3. The summed E-state index contributed by atoms with van der Waals surface area (Å²) < 4.78 is 96.5. The van der Waals surface area contributed by atoms with Gasteiger partial charge in [-0.15, -0.1) is 0 Å². The van der Waals surface area contributed by atoms with Crippen LogP contribution in [0.4, 0.5) is 26.3 Å². The van der Waals surface area contributed by atoms with E-state index in [2.05, 4.69) is 4.99 Å². The van der Waals surface area contributed by atoms with Gasteiger partial charge in [0.05, 0.1) is 10.5 Å². The molecule has 0 aromatic heterocycles. The molecule has 5 N–H and O–H groups in total. The molecule has 0 radical (unpaired) electrons. The van der Waals surface area contributed by atoms with Gasteiger partial charge in [0.25, 0.3) is 11.8 Å². The molecule has 1 aliphatic heterocycles. The van der Waals surface area contributed by atoms with E-state index in [-0.39, 0.29) is 47.5 Å². The SMILES string of the molecule is CS(=O)(=O)c1cccc(C(=O)N2CCC(c3ccc(C(=O)N=C(N)N)cc3C(F)(F)F)CC2)c1.O=C(O)C(F)(F)F. The van der Waals surface area contributed by atoms with E-state index in [4.69, 9.17) is 21.4 Å². The predicted molar refractivity (Wildman–Crippen MR) is 133 cm³/mol. The average Bonchev–Trinajstić information content (AvgIpc) is 2.86. The number of alkyl halides is 6. The van der Waals surface area contributed by atoms with Crippen LogP contribution in [0.2, 0.25) is 0 Å². The van der Waals surface area contributed by atoms with Crippen LogP contribution in [0.5, 0.6) is 0 Å². The van der Waals surface area contributed by atoms with Gasteiger partial charge in [-0.2, -0.15) is 31.3 Å². The Bertz CT molecular complexity index is 1450. The van der Waals surface area contributed by atoms with Crippen molar-refractivity contribution in [1.82, 2.24) is 4.90 Å². The maximum absolute atomic E-state index is 13.8. The molecule has 0 unspecified atom stereocenters. The lowest BCUT2D eigenvalue weighted by atomic mass is 9.85. The van der Waals surface area contributed by atoms with Crippen LogP contribution in [0.3, 0.4) is 0 Å². The van der Waals surface area contributed by atoms with Crippen LogP contribution in [-0.4, -0.2) is 67.7 Å². The van der Waals surface area contributed by atoms with Gasteiger partial charge in [-0.05, 0) is 54.7 Å². The molecule has 2 aromatic carbocycles. The summed E-state index contributed by atoms with van der Waals surface area (Å²) in [7, 11) is -3.49. The van der Waals surface area contributed by atoms with E-state index < -0.39 is 57.4 Å². The first-order chi connectivity index (χ1) is 18.7. The van der Waals surface area contributed by atoms with Gasteiger partial charge in [0.1, 0.15) is 0 Å². The zero-order valence-electron chi connectivity index (χ0n) is 21.2. The number of sulfone groups is 1. The van der Waals surface area contributed by atoms with Gasteiger partial charge in [0.15, 0.2) is 15.8 Å². The zero-order chi connectivity index (χ0) is 31.3. The van der Waals surface area contributed by atoms with Gasteiger partial charge in [-0.25, -0.2) is 13.2 Å². The highest BCUT2D eigenvalue weighted by atomic mass is 32.2. The van der Waals surface area contributed by atoms with Crippen molar-refractivity contribution in [1.29, 1.82) is 0 Å². The van der Waals surface area contributed by atoms with Crippen molar-refractivity contribution in [2.75, 3.05) is 19.3 Å². The number of aliphatic imine (C=N–C) groups is 1. The number of piperidine rings is 1. The number of carboxylic acid groups (broad SMARTS) is 1. The number of carboxylic acids is 1. The molecule has 10 nitrogen and oxygen atoms in total. The van der Waals surface area contributed by atoms with Gasteiger partial charge in [-0.3, -0.25) is 9.59 Å². The van der Waals surface area contributed by atoms with Crippen LogP contribution >= 0.6 is 0 Å². The molecule has 1 fully saturated rings. The molecule has 224 valence electrons. The fourth-order valence-corrected chi connectivity index (χ4v) is 4.58. The molecule has 1 saturated heterocycles. The van der Waals surface area contributed by atoms with E-state index in [0.717, 1.165) is 12.3 Å². The average molecular weight is 611 g/mol. The van der Waals surface area contributed by atoms with Crippen LogP contribution in [-0.2, 0) is 20.8 Å². The first kappa shape index (κ1) is 33.1. The number of halogens is 6.